The average molecular weight is 411 g/mol. The Balaban J connectivity index is 1.75. The second-order valence-electron chi connectivity index (χ2n) is 8.33. The summed E-state index contributed by atoms with van der Waals surface area (Å²) in [5.41, 5.74) is 2.20. The number of phenolic OH excluding ortho intramolecular Hbond substituents is 2. The third-order valence-electron chi connectivity index (χ3n) is 6.03. The highest BCUT2D eigenvalue weighted by molar-refractivity contribution is 5.97. The van der Waals surface area contributed by atoms with Crippen molar-refractivity contribution in [1.82, 2.24) is 9.55 Å². The van der Waals surface area contributed by atoms with Gasteiger partial charge in [0.1, 0.15) is 5.82 Å². The fourth-order valence-electron chi connectivity index (χ4n) is 4.34. The van der Waals surface area contributed by atoms with Crippen LogP contribution < -0.4 is 4.90 Å². The summed E-state index contributed by atoms with van der Waals surface area (Å²) in [6, 6.07) is 7.09. The summed E-state index contributed by atoms with van der Waals surface area (Å²) in [6.07, 6.45) is 1.35. The van der Waals surface area contributed by atoms with E-state index in [-0.39, 0.29) is 11.5 Å². The number of anilines is 1. The van der Waals surface area contributed by atoms with Crippen molar-refractivity contribution in [3.05, 3.63) is 35.6 Å². The van der Waals surface area contributed by atoms with Crippen LogP contribution in [0.3, 0.4) is 0 Å². The lowest BCUT2D eigenvalue weighted by Crippen LogP contribution is -2.49. The molecule has 2 fully saturated rings. The Hall–Kier alpha value is -3.13. The summed E-state index contributed by atoms with van der Waals surface area (Å²) in [5, 5.41) is 19.9. The minimum Gasteiger partial charge on any atom is -0.504 e. The number of carbonyl (C=O) groups excluding carboxylic acids is 1. The van der Waals surface area contributed by atoms with Crippen molar-refractivity contribution in [2.24, 2.45) is 0 Å². The van der Waals surface area contributed by atoms with Gasteiger partial charge in [0, 0.05) is 18.7 Å². The molecule has 0 atom stereocenters. The summed E-state index contributed by atoms with van der Waals surface area (Å²) in [5.74, 6) is -1.77. The first-order valence-electron chi connectivity index (χ1n) is 9.93. The molecule has 0 saturated carbocycles. The molecule has 3 heterocycles. The molecule has 30 heavy (non-hydrogen) atoms. The molecule has 8 heteroatoms. The van der Waals surface area contributed by atoms with Crippen LogP contribution in [0.1, 0.15) is 25.3 Å². The lowest BCUT2D eigenvalue weighted by Gasteiger charge is -2.40. The first kappa shape index (κ1) is 18.9. The first-order valence-corrected chi connectivity index (χ1v) is 9.93. The Bertz CT molecular complexity index is 1200. The van der Waals surface area contributed by atoms with Gasteiger partial charge in [0.25, 0.3) is 0 Å². The van der Waals surface area contributed by atoms with E-state index >= 15 is 0 Å². The van der Waals surface area contributed by atoms with E-state index < -0.39 is 22.9 Å². The number of nitrogens with zero attached hydrogens (tertiary/aromatic N) is 3. The molecule has 0 spiro atoms. The van der Waals surface area contributed by atoms with Crippen LogP contribution in [0.2, 0.25) is 0 Å². The number of halogens is 1. The molecule has 3 aromatic rings. The van der Waals surface area contributed by atoms with Crippen LogP contribution in [0.15, 0.2) is 24.3 Å². The van der Waals surface area contributed by atoms with Crippen molar-refractivity contribution in [3.63, 3.8) is 0 Å². The van der Waals surface area contributed by atoms with Gasteiger partial charge in [-0.15, -0.1) is 0 Å². The largest absolute Gasteiger partial charge is 0.504 e. The SMILES string of the molecule is Cc1cc(-c2nc3cc(N4CCCC4=O)ccc3n2C2(C)COC2)c(F)c(O)c1O. The zero-order valence-electron chi connectivity index (χ0n) is 16.8. The summed E-state index contributed by atoms with van der Waals surface area (Å²) >= 11 is 0. The molecule has 5 rings (SSSR count). The zero-order valence-corrected chi connectivity index (χ0v) is 16.8. The molecular weight excluding hydrogens is 389 g/mol. The summed E-state index contributed by atoms with van der Waals surface area (Å²) in [6.45, 7) is 5.16. The third-order valence-corrected chi connectivity index (χ3v) is 6.03. The number of imidazole rings is 1. The lowest BCUT2D eigenvalue weighted by molar-refractivity contribution is -0.117. The Kier molecular flexibility index (Phi) is 4.05. The number of phenols is 2. The third kappa shape index (κ3) is 2.60. The van der Waals surface area contributed by atoms with Crippen molar-refractivity contribution in [2.75, 3.05) is 24.7 Å². The van der Waals surface area contributed by atoms with Crippen LogP contribution >= 0.6 is 0 Å². The Morgan fingerprint density at radius 2 is 1.97 bits per heavy atom. The number of rotatable bonds is 3. The predicted molar refractivity (Wildman–Crippen MR) is 109 cm³/mol. The molecule has 0 radical (unpaired) electrons. The molecule has 1 aromatic heterocycles. The zero-order chi connectivity index (χ0) is 21.2. The second kappa shape index (κ2) is 6.43. The highest BCUT2D eigenvalue weighted by Crippen LogP contribution is 2.42. The molecule has 2 saturated heterocycles. The van der Waals surface area contributed by atoms with E-state index in [2.05, 4.69) is 0 Å². The number of hydrogen-bond donors (Lipinski definition) is 2. The fraction of sp³-hybridized carbons (Fsp3) is 0.364. The van der Waals surface area contributed by atoms with Gasteiger partial charge >= 0.3 is 0 Å². The van der Waals surface area contributed by atoms with Gasteiger partial charge in [-0.25, -0.2) is 9.37 Å². The van der Waals surface area contributed by atoms with E-state index in [1.54, 1.807) is 11.8 Å². The Morgan fingerprint density at radius 1 is 1.20 bits per heavy atom. The van der Waals surface area contributed by atoms with Gasteiger partial charge in [0.15, 0.2) is 17.3 Å². The van der Waals surface area contributed by atoms with E-state index in [4.69, 9.17) is 9.72 Å². The number of carbonyl (C=O) groups is 1. The lowest BCUT2D eigenvalue weighted by atomic mass is 9.98. The van der Waals surface area contributed by atoms with Crippen LogP contribution in [0, 0.1) is 12.7 Å². The number of amides is 1. The van der Waals surface area contributed by atoms with Gasteiger partial charge < -0.3 is 24.4 Å². The number of aromatic hydroxyl groups is 2. The summed E-state index contributed by atoms with van der Waals surface area (Å²) in [7, 11) is 0. The topological polar surface area (TPSA) is 87.8 Å². The maximum absolute atomic E-state index is 15.0. The number of aryl methyl sites for hydroxylation is 1. The predicted octanol–water partition coefficient (Wildman–Crippen LogP) is 3.43. The number of aromatic nitrogens is 2. The maximum Gasteiger partial charge on any atom is 0.227 e. The van der Waals surface area contributed by atoms with Gasteiger partial charge in [-0.1, -0.05) is 0 Å². The van der Waals surface area contributed by atoms with Gasteiger partial charge in [-0.2, -0.15) is 0 Å². The standard InChI is InChI=1S/C22H22FN3O4/c1-12-8-14(18(23)20(29)19(12)28)21-24-15-9-13(25-7-3-4-17(25)27)5-6-16(15)26(21)22(2)10-30-11-22/h5-6,8-9,28-29H,3-4,7,10-11H2,1-2H3. The molecule has 2 N–H and O–H groups in total. The van der Waals surface area contributed by atoms with Crippen molar-refractivity contribution in [1.29, 1.82) is 0 Å². The van der Waals surface area contributed by atoms with Crippen LogP contribution in [-0.4, -0.2) is 45.4 Å². The van der Waals surface area contributed by atoms with Crippen molar-refractivity contribution < 1.29 is 24.1 Å². The maximum atomic E-state index is 15.0. The normalized spacial score (nSPS) is 18.2. The second-order valence-corrected chi connectivity index (χ2v) is 8.33. The first-order chi connectivity index (χ1) is 14.3. The van der Waals surface area contributed by atoms with Crippen molar-refractivity contribution in [2.45, 2.75) is 32.2 Å². The molecule has 2 aliphatic heterocycles. The van der Waals surface area contributed by atoms with Crippen LogP contribution in [0.25, 0.3) is 22.4 Å². The number of hydrogen-bond acceptors (Lipinski definition) is 5. The minimum absolute atomic E-state index is 0.0819. The molecule has 1 amide bonds. The molecule has 7 nitrogen and oxygen atoms in total. The summed E-state index contributed by atoms with van der Waals surface area (Å²) in [4.78, 5) is 18.6. The quantitative estimate of drug-likeness (QED) is 0.645. The molecule has 156 valence electrons. The van der Waals surface area contributed by atoms with Gasteiger partial charge in [-0.05, 0) is 50.1 Å². The number of benzene rings is 2. The fourth-order valence-corrected chi connectivity index (χ4v) is 4.34. The summed E-state index contributed by atoms with van der Waals surface area (Å²) < 4.78 is 22.3. The molecule has 0 unspecified atom stereocenters. The highest BCUT2D eigenvalue weighted by atomic mass is 19.1. The van der Waals surface area contributed by atoms with Crippen LogP contribution in [0.4, 0.5) is 10.1 Å². The molecular formula is C22H22FN3O4. The molecule has 2 aliphatic rings. The monoisotopic (exact) mass is 411 g/mol. The number of fused-ring (bicyclic) bond motifs is 1. The van der Waals surface area contributed by atoms with Crippen LogP contribution in [0.5, 0.6) is 11.5 Å². The van der Waals surface area contributed by atoms with E-state index in [0.29, 0.717) is 43.1 Å². The molecule has 0 bridgehead atoms. The average Bonchev–Trinajstić information content (AvgIpc) is 3.30. The molecule has 2 aromatic carbocycles. The van der Waals surface area contributed by atoms with E-state index in [1.807, 2.05) is 29.7 Å². The van der Waals surface area contributed by atoms with Crippen molar-refractivity contribution in [3.8, 4) is 22.9 Å². The van der Waals surface area contributed by atoms with Crippen molar-refractivity contribution >= 4 is 22.6 Å². The van der Waals surface area contributed by atoms with E-state index in [1.165, 1.54) is 6.07 Å². The minimum atomic E-state index is -0.923. The van der Waals surface area contributed by atoms with Crippen LogP contribution in [-0.2, 0) is 15.1 Å². The van der Waals surface area contributed by atoms with Gasteiger partial charge in [0.2, 0.25) is 5.91 Å². The number of ether oxygens (including phenoxy) is 1. The van der Waals surface area contributed by atoms with Gasteiger partial charge in [-0.3, -0.25) is 4.79 Å². The van der Waals surface area contributed by atoms with E-state index in [9.17, 15) is 19.4 Å². The Labute approximate surface area is 172 Å². The highest BCUT2D eigenvalue weighted by Gasteiger charge is 2.39. The van der Waals surface area contributed by atoms with E-state index in [0.717, 1.165) is 17.6 Å². The molecule has 0 aliphatic carbocycles. The smallest absolute Gasteiger partial charge is 0.227 e. The Morgan fingerprint density at radius 3 is 2.60 bits per heavy atom. The van der Waals surface area contributed by atoms with Gasteiger partial charge in [0.05, 0.1) is 35.3 Å².